The molecule has 0 aromatic carbocycles. The molecule has 2 rings (SSSR count). The maximum Gasteiger partial charge on any atom is 0.240 e. The Labute approximate surface area is 126 Å². The summed E-state index contributed by atoms with van der Waals surface area (Å²) in [6, 6.07) is 2.08. The maximum absolute atomic E-state index is 12.1. The van der Waals surface area contributed by atoms with Crippen molar-refractivity contribution in [3.63, 3.8) is 0 Å². The standard InChI is InChI=1S/C15H25N5O/c1-12(2)20(10-13-4-8-16-9-5-13)11-14(21)19-15-17-6-3-7-18-15/h3,6-7,12-13,16H,4-5,8-11H2,1-2H3,(H,17,18,19,21). The Morgan fingerprint density at radius 3 is 2.67 bits per heavy atom. The minimum Gasteiger partial charge on any atom is -0.317 e. The fourth-order valence-electron chi connectivity index (χ4n) is 2.57. The van der Waals surface area contributed by atoms with Crippen molar-refractivity contribution in [3.05, 3.63) is 18.5 Å². The first-order valence-corrected chi connectivity index (χ1v) is 7.67. The van der Waals surface area contributed by atoms with Crippen molar-refractivity contribution in [1.29, 1.82) is 0 Å². The third-order valence-electron chi connectivity index (χ3n) is 3.85. The van der Waals surface area contributed by atoms with Crippen LogP contribution in [0.4, 0.5) is 5.95 Å². The van der Waals surface area contributed by atoms with Crippen LogP contribution in [0.15, 0.2) is 18.5 Å². The van der Waals surface area contributed by atoms with E-state index in [0.717, 1.165) is 19.6 Å². The maximum atomic E-state index is 12.1. The van der Waals surface area contributed by atoms with Crippen molar-refractivity contribution in [2.45, 2.75) is 32.7 Å². The highest BCUT2D eigenvalue weighted by Gasteiger charge is 2.21. The van der Waals surface area contributed by atoms with Crippen molar-refractivity contribution in [2.24, 2.45) is 5.92 Å². The molecule has 1 amide bonds. The van der Waals surface area contributed by atoms with Gasteiger partial charge in [0.1, 0.15) is 0 Å². The summed E-state index contributed by atoms with van der Waals surface area (Å²) in [6.07, 6.45) is 5.62. The van der Waals surface area contributed by atoms with Crippen LogP contribution in [0.1, 0.15) is 26.7 Å². The summed E-state index contributed by atoms with van der Waals surface area (Å²) in [7, 11) is 0. The molecule has 2 heterocycles. The smallest absolute Gasteiger partial charge is 0.240 e. The van der Waals surface area contributed by atoms with Crippen LogP contribution in [0.5, 0.6) is 0 Å². The Morgan fingerprint density at radius 2 is 2.05 bits per heavy atom. The lowest BCUT2D eigenvalue weighted by Gasteiger charge is -2.32. The molecule has 0 spiro atoms. The molecule has 1 fully saturated rings. The molecule has 1 saturated heterocycles. The zero-order chi connectivity index (χ0) is 15.1. The highest BCUT2D eigenvalue weighted by atomic mass is 16.2. The van der Waals surface area contributed by atoms with Gasteiger partial charge in [0.05, 0.1) is 6.54 Å². The summed E-state index contributed by atoms with van der Waals surface area (Å²) in [6.45, 7) is 7.80. The van der Waals surface area contributed by atoms with E-state index in [1.165, 1.54) is 12.8 Å². The third-order valence-corrected chi connectivity index (χ3v) is 3.85. The molecular weight excluding hydrogens is 266 g/mol. The predicted octanol–water partition coefficient (Wildman–Crippen LogP) is 1.13. The number of carbonyl (C=O) groups excluding carboxylic acids is 1. The summed E-state index contributed by atoms with van der Waals surface area (Å²) < 4.78 is 0. The van der Waals surface area contributed by atoms with Gasteiger partial charge >= 0.3 is 0 Å². The molecule has 1 aliphatic heterocycles. The van der Waals surface area contributed by atoms with Gasteiger partial charge in [0.2, 0.25) is 11.9 Å². The number of aromatic nitrogens is 2. The molecular formula is C15H25N5O. The van der Waals surface area contributed by atoms with Gasteiger partial charge < -0.3 is 5.32 Å². The molecule has 21 heavy (non-hydrogen) atoms. The van der Waals surface area contributed by atoms with Crippen molar-refractivity contribution < 1.29 is 4.79 Å². The summed E-state index contributed by atoms with van der Waals surface area (Å²) in [5.74, 6) is 0.992. The quantitative estimate of drug-likeness (QED) is 0.822. The van der Waals surface area contributed by atoms with E-state index in [0.29, 0.717) is 24.5 Å². The van der Waals surface area contributed by atoms with Crippen LogP contribution in [0, 0.1) is 5.92 Å². The number of anilines is 1. The summed E-state index contributed by atoms with van der Waals surface area (Å²) in [4.78, 5) is 22.4. The molecule has 0 atom stereocenters. The Hall–Kier alpha value is -1.53. The zero-order valence-corrected chi connectivity index (χ0v) is 12.9. The van der Waals surface area contributed by atoms with E-state index >= 15 is 0 Å². The van der Waals surface area contributed by atoms with E-state index in [1.54, 1.807) is 18.5 Å². The largest absolute Gasteiger partial charge is 0.317 e. The molecule has 0 aliphatic carbocycles. The predicted molar refractivity (Wildman–Crippen MR) is 83.0 cm³/mol. The molecule has 1 aromatic rings. The van der Waals surface area contributed by atoms with E-state index in [4.69, 9.17) is 0 Å². The second-order valence-corrected chi connectivity index (χ2v) is 5.84. The Balaban J connectivity index is 1.85. The van der Waals surface area contributed by atoms with E-state index in [-0.39, 0.29) is 5.91 Å². The number of hydrogen-bond acceptors (Lipinski definition) is 5. The SMILES string of the molecule is CC(C)N(CC(=O)Nc1ncccn1)CC1CCNCC1. The topological polar surface area (TPSA) is 70.2 Å². The fourth-order valence-corrected chi connectivity index (χ4v) is 2.57. The van der Waals surface area contributed by atoms with Crippen molar-refractivity contribution in [2.75, 3.05) is 31.5 Å². The van der Waals surface area contributed by atoms with E-state index in [2.05, 4.69) is 39.3 Å². The van der Waals surface area contributed by atoms with E-state index in [1.807, 2.05) is 0 Å². The molecule has 0 unspecified atom stereocenters. The monoisotopic (exact) mass is 291 g/mol. The Morgan fingerprint density at radius 1 is 1.38 bits per heavy atom. The van der Waals surface area contributed by atoms with Gasteiger partial charge in [-0.1, -0.05) is 0 Å². The highest BCUT2D eigenvalue weighted by Crippen LogP contribution is 2.15. The van der Waals surface area contributed by atoms with Gasteiger partial charge in [-0.25, -0.2) is 9.97 Å². The molecule has 0 saturated carbocycles. The highest BCUT2D eigenvalue weighted by molar-refractivity contribution is 5.90. The number of amides is 1. The zero-order valence-electron chi connectivity index (χ0n) is 12.9. The number of piperidine rings is 1. The third kappa shape index (κ3) is 5.40. The number of hydrogen-bond donors (Lipinski definition) is 2. The molecule has 0 bridgehead atoms. The molecule has 6 nitrogen and oxygen atoms in total. The molecule has 116 valence electrons. The first-order chi connectivity index (χ1) is 10.1. The average Bonchev–Trinajstić information content (AvgIpc) is 2.48. The van der Waals surface area contributed by atoms with Crippen molar-refractivity contribution in [3.8, 4) is 0 Å². The van der Waals surface area contributed by atoms with Crippen LogP contribution in [0.3, 0.4) is 0 Å². The Bertz CT molecular complexity index is 431. The minimum atomic E-state index is -0.0520. The summed E-state index contributed by atoms with van der Waals surface area (Å²) >= 11 is 0. The summed E-state index contributed by atoms with van der Waals surface area (Å²) in [5, 5.41) is 6.13. The number of nitrogens with zero attached hydrogens (tertiary/aromatic N) is 3. The Kier molecular flexibility index (Phi) is 6.07. The first-order valence-electron chi connectivity index (χ1n) is 7.67. The number of nitrogens with one attached hydrogen (secondary N) is 2. The molecule has 2 N–H and O–H groups in total. The van der Waals surface area contributed by atoms with Gasteiger partial charge in [-0.3, -0.25) is 15.0 Å². The molecule has 6 heteroatoms. The lowest BCUT2D eigenvalue weighted by atomic mass is 9.97. The molecule has 1 aliphatic rings. The van der Waals surface area contributed by atoms with Crippen LogP contribution in [-0.2, 0) is 4.79 Å². The van der Waals surface area contributed by atoms with Gasteiger partial charge in [-0.15, -0.1) is 0 Å². The van der Waals surface area contributed by atoms with Crippen LogP contribution in [-0.4, -0.2) is 53.0 Å². The normalized spacial score (nSPS) is 16.4. The van der Waals surface area contributed by atoms with Crippen LogP contribution < -0.4 is 10.6 Å². The number of carbonyl (C=O) groups is 1. The van der Waals surface area contributed by atoms with E-state index in [9.17, 15) is 4.79 Å². The van der Waals surface area contributed by atoms with Crippen LogP contribution in [0.25, 0.3) is 0 Å². The van der Waals surface area contributed by atoms with Gasteiger partial charge in [-0.2, -0.15) is 0 Å². The van der Waals surface area contributed by atoms with Gasteiger partial charge in [0.25, 0.3) is 0 Å². The minimum absolute atomic E-state index is 0.0520. The van der Waals surface area contributed by atoms with Gasteiger partial charge in [0.15, 0.2) is 0 Å². The van der Waals surface area contributed by atoms with Gasteiger partial charge in [-0.05, 0) is 51.8 Å². The van der Waals surface area contributed by atoms with Crippen molar-refractivity contribution in [1.82, 2.24) is 20.2 Å². The van der Waals surface area contributed by atoms with E-state index < -0.39 is 0 Å². The first kappa shape index (κ1) is 15.9. The second kappa shape index (κ2) is 8.05. The number of rotatable bonds is 6. The second-order valence-electron chi connectivity index (χ2n) is 5.84. The molecule has 1 aromatic heterocycles. The molecule has 0 radical (unpaired) electrons. The summed E-state index contributed by atoms with van der Waals surface area (Å²) in [5.41, 5.74) is 0. The van der Waals surface area contributed by atoms with Crippen molar-refractivity contribution >= 4 is 11.9 Å². The van der Waals surface area contributed by atoms with Crippen LogP contribution >= 0.6 is 0 Å². The van der Waals surface area contributed by atoms with Gasteiger partial charge in [0, 0.05) is 25.0 Å². The average molecular weight is 291 g/mol. The fraction of sp³-hybridized carbons (Fsp3) is 0.667. The lowest BCUT2D eigenvalue weighted by molar-refractivity contribution is -0.118. The lowest BCUT2D eigenvalue weighted by Crippen LogP contribution is -2.43. The van der Waals surface area contributed by atoms with Crippen LogP contribution in [0.2, 0.25) is 0 Å².